The molecule has 0 aromatic heterocycles. The molecule has 2 heterocycles. The smallest absolute Gasteiger partial charge is 0.264 e. The summed E-state index contributed by atoms with van der Waals surface area (Å²) in [4.78, 5) is 15.8. The van der Waals surface area contributed by atoms with E-state index in [0.29, 0.717) is 44.2 Å². The summed E-state index contributed by atoms with van der Waals surface area (Å²) in [5.74, 6) is 0.417. The molecule has 0 radical (unpaired) electrons. The van der Waals surface area contributed by atoms with Crippen LogP contribution < -0.4 is 14.4 Å². The number of fused-ring (bicyclic) bond motifs is 4. The molecule has 1 fully saturated rings. The predicted molar refractivity (Wildman–Crippen MR) is 180 cm³/mol. The van der Waals surface area contributed by atoms with Crippen molar-refractivity contribution in [2.75, 3.05) is 24.6 Å². The summed E-state index contributed by atoms with van der Waals surface area (Å²) in [7, 11) is -3.94. The highest BCUT2D eigenvalue weighted by atomic mass is 35.5. The zero-order valence-corrected chi connectivity index (χ0v) is 28.5. The van der Waals surface area contributed by atoms with Gasteiger partial charge in [-0.3, -0.25) is 4.79 Å². The first-order chi connectivity index (χ1) is 21.3. The highest BCUT2D eigenvalue weighted by Crippen LogP contribution is 2.49. The van der Waals surface area contributed by atoms with Crippen LogP contribution in [0.5, 0.6) is 5.75 Å². The Morgan fingerprint density at radius 2 is 1.96 bits per heavy atom. The number of amides is 1. The number of sulfonamides is 1. The van der Waals surface area contributed by atoms with Gasteiger partial charge in [-0.05, 0) is 117 Å². The molecule has 2 aliphatic heterocycles. The van der Waals surface area contributed by atoms with E-state index in [1.165, 1.54) is 11.1 Å². The monoisotopic (exact) mass is 654 g/mol. The first kappa shape index (κ1) is 32.4. The highest BCUT2D eigenvalue weighted by Gasteiger charge is 2.48. The molecule has 2 N–H and O–H groups in total. The normalized spacial score (nSPS) is 33.7. The third-order valence-electron chi connectivity index (χ3n) is 11.0. The van der Waals surface area contributed by atoms with Crippen LogP contribution in [0.15, 0.2) is 48.6 Å². The Labute approximate surface area is 273 Å². The van der Waals surface area contributed by atoms with Crippen molar-refractivity contribution in [2.45, 2.75) is 88.9 Å². The summed E-state index contributed by atoms with van der Waals surface area (Å²) >= 11 is 6.43. The van der Waals surface area contributed by atoms with Crippen molar-refractivity contribution >= 4 is 33.2 Å². The van der Waals surface area contributed by atoms with E-state index in [9.17, 15) is 18.3 Å². The molecule has 1 amide bonds. The van der Waals surface area contributed by atoms with Gasteiger partial charge >= 0.3 is 0 Å². The number of nitrogens with zero attached hydrogens (tertiary/aromatic N) is 1. The Hall–Kier alpha value is -2.55. The summed E-state index contributed by atoms with van der Waals surface area (Å²) in [5, 5.41) is 12.2. The van der Waals surface area contributed by atoms with Crippen LogP contribution in [-0.2, 0) is 21.9 Å². The molecule has 2 aromatic carbocycles. The lowest BCUT2D eigenvalue weighted by Crippen LogP contribution is -2.52. The van der Waals surface area contributed by atoms with Gasteiger partial charge in [0.05, 0.1) is 23.1 Å². The van der Waals surface area contributed by atoms with Gasteiger partial charge < -0.3 is 14.7 Å². The Balaban J connectivity index is 1.45. The van der Waals surface area contributed by atoms with Crippen LogP contribution in [0.3, 0.4) is 0 Å². The number of carbonyl (C=O) groups is 1. The minimum atomic E-state index is -3.94. The number of anilines is 1. The van der Waals surface area contributed by atoms with E-state index in [1.807, 2.05) is 25.1 Å². The van der Waals surface area contributed by atoms with Gasteiger partial charge in [-0.25, -0.2) is 13.1 Å². The van der Waals surface area contributed by atoms with Crippen molar-refractivity contribution in [3.8, 4) is 5.75 Å². The van der Waals surface area contributed by atoms with E-state index in [2.05, 4.69) is 35.6 Å². The lowest BCUT2D eigenvalue weighted by molar-refractivity contribution is -0.0577. The van der Waals surface area contributed by atoms with Crippen molar-refractivity contribution < 1.29 is 23.1 Å². The van der Waals surface area contributed by atoms with E-state index >= 15 is 0 Å². The predicted octanol–water partition coefficient (Wildman–Crippen LogP) is 6.66. The second-order valence-corrected chi connectivity index (χ2v) is 17.1. The number of ether oxygens (including phenoxy) is 1. The third-order valence-corrected chi connectivity index (χ3v) is 13.1. The lowest BCUT2D eigenvalue weighted by Gasteiger charge is -2.49. The molecule has 0 saturated heterocycles. The molecule has 4 aliphatic rings. The molecule has 1 spiro atoms. The highest BCUT2D eigenvalue weighted by molar-refractivity contribution is 7.90. The van der Waals surface area contributed by atoms with Gasteiger partial charge in [-0.1, -0.05) is 50.6 Å². The van der Waals surface area contributed by atoms with E-state index in [4.69, 9.17) is 16.3 Å². The van der Waals surface area contributed by atoms with Crippen molar-refractivity contribution in [3.63, 3.8) is 0 Å². The largest absolute Gasteiger partial charge is 0.490 e. The topological polar surface area (TPSA) is 95.9 Å². The average molecular weight is 655 g/mol. The number of aliphatic hydroxyl groups is 1. The number of benzene rings is 2. The van der Waals surface area contributed by atoms with Gasteiger partial charge in [0.2, 0.25) is 10.0 Å². The molecule has 0 unspecified atom stereocenters. The molecule has 2 aliphatic carbocycles. The second-order valence-electron chi connectivity index (χ2n) is 14.6. The molecule has 6 atom stereocenters. The molecule has 9 heteroatoms. The zero-order chi connectivity index (χ0) is 32.1. The van der Waals surface area contributed by atoms with E-state index in [0.717, 1.165) is 42.8 Å². The summed E-state index contributed by atoms with van der Waals surface area (Å²) in [6.45, 7) is 9.68. The number of halogens is 1. The van der Waals surface area contributed by atoms with Crippen LogP contribution >= 0.6 is 11.6 Å². The van der Waals surface area contributed by atoms with Gasteiger partial charge in [0.25, 0.3) is 5.91 Å². The van der Waals surface area contributed by atoms with E-state index in [-0.39, 0.29) is 28.7 Å². The number of hydrogen-bond acceptors (Lipinski definition) is 6. The van der Waals surface area contributed by atoms with Gasteiger partial charge in [0.15, 0.2) is 0 Å². The molecule has 7 nitrogen and oxygen atoms in total. The average Bonchev–Trinajstić information content (AvgIpc) is 3.10. The van der Waals surface area contributed by atoms with Crippen LogP contribution in [0.4, 0.5) is 5.69 Å². The number of rotatable bonds is 2. The van der Waals surface area contributed by atoms with Crippen LogP contribution in [-0.4, -0.2) is 50.0 Å². The number of aryl methyl sites for hydroxylation is 1. The molecule has 1 saturated carbocycles. The Bertz CT molecular complexity index is 1590. The summed E-state index contributed by atoms with van der Waals surface area (Å²) < 4.78 is 35.6. The number of hydrogen-bond donors (Lipinski definition) is 2. The van der Waals surface area contributed by atoms with Gasteiger partial charge in [-0.2, -0.15) is 0 Å². The van der Waals surface area contributed by atoms with Crippen LogP contribution in [0, 0.1) is 23.7 Å². The summed E-state index contributed by atoms with van der Waals surface area (Å²) in [6, 6.07) is 11.4. The first-order valence-corrected chi connectivity index (χ1v) is 18.5. The molecule has 6 rings (SSSR count). The maximum atomic E-state index is 13.4. The minimum Gasteiger partial charge on any atom is -0.490 e. The van der Waals surface area contributed by atoms with Gasteiger partial charge in [0, 0.05) is 29.1 Å². The second kappa shape index (κ2) is 12.2. The fourth-order valence-corrected chi connectivity index (χ4v) is 9.73. The fraction of sp³-hybridized carbons (Fsp3) is 0.583. The number of allylic oxidation sites excluding steroid dienone is 1. The molecular weight excluding hydrogens is 608 g/mol. The van der Waals surface area contributed by atoms with Crippen molar-refractivity contribution in [3.05, 3.63) is 70.3 Å². The minimum absolute atomic E-state index is 0.0769. The number of nitrogens with one attached hydrogen (secondary N) is 1. The van der Waals surface area contributed by atoms with Crippen molar-refractivity contribution in [2.24, 2.45) is 23.7 Å². The van der Waals surface area contributed by atoms with E-state index in [1.54, 1.807) is 25.1 Å². The maximum Gasteiger partial charge on any atom is 0.264 e. The van der Waals surface area contributed by atoms with Crippen LogP contribution in [0.1, 0.15) is 87.7 Å². The van der Waals surface area contributed by atoms with E-state index < -0.39 is 26.8 Å². The Morgan fingerprint density at radius 1 is 1.16 bits per heavy atom. The first-order valence-electron chi connectivity index (χ1n) is 16.6. The van der Waals surface area contributed by atoms with Crippen molar-refractivity contribution in [1.82, 2.24) is 4.72 Å². The standard InChI is InChI=1S/C36H47ClN2O5S/c1-23(2)19-36(41)16-5-7-24(3)25(4)45(42,43)38-34(40)27-10-14-33-32(18-27)39(20-28-9-12-31(28)36)21-35(22-44-33)15-6-8-26-17-29(37)11-13-30(26)35/h5,10-11,13-14,16-18,23-25,28,31,41H,6-9,12,15,19-22H2,1-4H3,(H,38,40)/b16-5-/t24-,25+,28-,31+,35-,36+/m0/s1. The molecule has 2 bridgehead atoms. The van der Waals surface area contributed by atoms with Crippen LogP contribution in [0.2, 0.25) is 5.02 Å². The fourth-order valence-electron chi connectivity index (χ4n) is 8.25. The Morgan fingerprint density at radius 3 is 2.69 bits per heavy atom. The van der Waals surface area contributed by atoms with Crippen LogP contribution in [0.25, 0.3) is 0 Å². The maximum absolute atomic E-state index is 13.4. The third kappa shape index (κ3) is 6.27. The quantitative estimate of drug-likeness (QED) is 0.352. The molecule has 244 valence electrons. The summed E-state index contributed by atoms with van der Waals surface area (Å²) in [6.07, 6.45) is 9.94. The van der Waals surface area contributed by atoms with Gasteiger partial charge in [0.1, 0.15) is 5.75 Å². The Kier molecular flexibility index (Phi) is 8.81. The number of carbonyl (C=O) groups excluding carboxylic acids is 1. The molecular formula is C36H47ClN2O5S. The zero-order valence-electron chi connectivity index (χ0n) is 26.9. The molecule has 2 aromatic rings. The lowest BCUT2D eigenvalue weighted by atomic mass is 9.62. The van der Waals surface area contributed by atoms with Gasteiger partial charge in [-0.15, -0.1) is 0 Å². The SMILES string of the molecule is CC(C)C[C@]1(O)/C=C\C[C@H](C)[C@@H](C)S(=O)(=O)NC(=O)c2ccc3c(c2)N(C[C@@H]2CC[C@H]21)C[C@@]1(CCCc2cc(Cl)ccc21)CO3. The molecule has 45 heavy (non-hydrogen) atoms. The van der Waals surface area contributed by atoms with Crippen molar-refractivity contribution in [1.29, 1.82) is 0 Å². The summed E-state index contributed by atoms with van der Waals surface area (Å²) in [5.41, 5.74) is 2.33.